The van der Waals surface area contributed by atoms with Crippen molar-refractivity contribution in [1.82, 2.24) is 15.1 Å². The fraction of sp³-hybridized carbons (Fsp3) is 0.250. The third-order valence-corrected chi connectivity index (χ3v) is 6.39. The normalized spacial score (nSPS) is 16.5. The maximum atomic E-state index is 14.1. The van der Waals surface area contributed by atoms with Gasteiger partial charge in [-0.15, -0.1) is 22.0 Å². The molecular formula is C20H18FN3O2S2. The quantitative estimate of drug-likeness (QED) is 0.564. The van der Waals surface area contributed by atoms with E-state index in [1.807, 2.05) is 30.3 Å². The summed E-state index contributed by atoms with van der Waals surface area (Å²) in [6.07, 6.45) is 0.556. The number of hydrogen-bond donors (Lipinski definition) is 0. The predicted molar refractivity (Wildman–Crippen MR) is 108 cm³/mol. The number of hydrogen-bond acceptors (Lipinski definition) is 6. The van der Waals surface area contributed by atoms with E-state index in [-0.39, 0.29) is 22.9 Å². The Morgan fingerprint density at radius 1 is 1.18 bits per heavy atom. The van der Waals surface area contributed by atoms with Gasteiger partial charge in [0.1, 0.15) is 11.2 Å². The number of carbonyl (C=O) groups excluding carboxylic acids is 1. The van der Waals surface area contributed by atoms with Crippen LogP contribution in [0.4, 0.5) is 4.39 Å². The van der Waals surface area contributed by atoms with Crippen molar-refractivity contribution >= 4 is 29.4 Å². The molecule has 0 spiro atoms. The molecule has 1 aliphatic heterocycles. The molecule has 1 fully saturated rings. The van der Waals surface area contributed by atoms with Crippen LogP contribution >= 0.6 is 23.5 Å². The fourth-order valence-corrected chi connectivity index (χ4v) is 4.97. The SMILES string of the molecule is O=C(CSc1nnc(Cc2ccccc2)o1)N1CCS[C@@H]1c1ccccc1F. The average molecular weight is 416 g/mol. The zero-order valence-corrected chi connectivity index (χ0v) is 16.6. The van der Waals surface area contributed by atoms with Crippen LogP contribution in [0.15, 0.2) is 64.2 Å². The summed E-state index contributed by atoms with van der Waals surface area (Å²) in [6.45, 7) is 0.603. The van der Waals surface area contributed by atoms with Gasteiger partial charge in [0, 0.05) is 17.9 Å². The third kappa shape index (κ3) is 4.39. The highest BCUT2D eigenvalue weighted by Crippen LogP contribution is 2.39. The van der Waals surface area contributed by atoms with Crippen LogP contribution in [0, 0.1) is 5.82 Å². The van der Waals surface area contributed by atoms with E-state index in [0.717, 1.165) is 11.3 Å². The molecule has 1 atom stereocenters. The minimum Gasteiger partial charge on any atom is -0.416 e. The Labute approximate surface area is 170 Å². The van der Waals surface area contributed by atoms with Crippen molar-refractivity contribution in [2.24, 2.45) is 0 Å². The summed E-state index contributed by atoms with van der Waals surface area (Å²) in [5, 5.41) is 8.14. The first kappa shape index (κ1) is 19.0. The molecule has 0 unspecified atom stereocenters. The van der Waals surface area contributed by atoms with Crippen molar-refractivity contribution in [3.8, 4) is 0 Å². The first-order valence-electron chi connectivity index (χ1n) is 8.85. The second-order valence-corrected chi connectivity index (χ2v) is 8.36. The van der Waals surface area contributed by atoms with Gasteiger partial charge in [0.05, 0.1) is 12.2 Å². The summed E-state index contributed by atoms with van der Waals surface area (Å²) < 4.78 is 19.8. The predicted octanol–water partition coefficient (Wildman–Crippen LogP) is 4.17. The number of thioether (sulfide) groups is 2. The van der Waals surface area contributed by atoms with Crippen LogP contribution < -0.4 is 0 Å². The monoisotopic (exact) mass is 415 g/mol. The van der Waals surface area contributed by atoms with Crippen molar-refractivity contribution in [3.05, 3.63) is 77.4 Å². The fourth-order valence-electron chi connectivity index (χ4n) is 3.00. The standard InChI is InChI=1S/C20H18FN3O2S2/c21-16-9-5-4-8-15(16)19-24(10-11-27-19)18(25)13-28-20-23-22-17(26-20)12-14-6-2-1-3-7-14/h1-9,19H,10-13H2/t19-/m1/s1. The van der Waals surface area contributed by atoms with E-state index in [0.29, 0.717) is 29.6 Å². The Morgan fingerprint density at radius 3 is 2.79 bits per heavy atom. The van der Waals surface area contributed by atoms with E-state index in [4.69, 9.17) is 4.42 Å². The first-order valence-corrected chi connectivity index (χ1v) is 10.9. The highest BCUT2D eigenvalue weighted by molar-refractivity contribution is 8.00. The molecular weight excluding hydrogens is 397 g/mol. The van der Waals surface area contributed by atoms with Gasteiger partial charge in [-0.25, -0.2) is 4.39 Å². The largest absolute Gasteiger partial charge is 0.416 e. The zero-order chi connectivity index (χ0) is 19.3. The second kappa shape index (κ2) is 8.79. The lowest BCUT2D eigenvalue weighted by molar-refractivity contribution is -0.128. The van der Waals surface area contributed by atoms with Crippen LogP contribution in [-0.4, -0.2) is 39.1 Å². The van der Waals surface area contributed by atoms with Crippen LogP contribution in [0.25, 0.3) is 0 Å². The van der Waals surface area contributed by atoms with Gasteiger partial charge in [-0.3, -0.25) is 4.79 Å². The number of benzene rings is 2. The first-order chi connectivity index (χ1) is 13.7. The molecule has 5 nitrogen and oxygen atoms in total. The summed E-state index contributed by atoms with van der Waals surface area (Å²) in [5.74, 6) is 1.14. The molecule has 3 aromatic rings. The van der Waals surface area contributed by atoms with Crippen molar-refractivity contribution in [3.63, 3.8) is 0 Å². The molecule has 2 aromatic carbocycles. The van der Waals surface area contributed by atoms with Gasteiger partial charge in [-0.2, -0.15) is 0 Å². The summed E-state index contributed by atoms with van der Waals surface area (Å²) in [4.78, 5) is 14.4. The molecule has 0 saturated carbocycles. The van der Waals surface area contributed by atoms with Crippen molar-refractivity contribution < 1.29 is 13.6 Å². The zero-order valence-electron chi connectivity index (χ0n) is 15.0. The van der Waals surface area contributed by atoms with Gasteiger partial charge in [-0.1, -0.05) is 60.3 Å². The Bertz CT molecular complexity index is 951. The molecule has 0 aliphatic carbocycles. The number of amides is 1. The summed E-state index contributed by atoms with van der Waals surface area (Å²) in [5.41, 5.74) is 1.63. The smallest absolute Gasteiger partial charge is 0.277 e. The Balaban J connectivity index is 1.36. The maximum absolute atomic E-state index is 14.1. The summed E-state index contributed by atoms with van der Waals surface area (Å²) in [6, 6.07) is 16.5. The van der Waals surface area contributed by atoms with E-state index < -0.39 is 0 Å². The molecule has 1 amide bonds. The van der Waals surface area contributed by atoms with E-state index in [2.05, 4.69) is 10.2 Å². The molecule has 1 saturated heterocycles. The molecule has 0 radical (unpaired) electrons. The van der Waals surface area contributed by atoms with Crippen molar-refractivity contribution in [2.75, 3.05) is 18.1 Å². The topological polar surface area (TPSA) is 59.2 Å². The molecule has 1 aliphatic rings. The second-order valence-electron chi connectivity index (χ2n) is 6.24. The molecule has 0 bridgehead atoms. The molecule has 4 rings (SSSR count). The van der Waals surface area contributed by atoms with Crippen molar-refractivity contribution in [1.29, 1.82) is 0 Å². The van der Waals surface area contributed by atoms with Gasteiger partial charge in [0.2, 0.25) is 11.8 Å². The molecule has 28 heavy (non-hydrogen) atoms. The van der Waals surface area contributed by atoms with Gasteiger partial charge in [0.25, 0.3) is 5.22 Å². The van der Waals surface area contributed by atoms with E-state index in [9.17, 15) is 9.18 Å². The van der Waals surface area contributed by atoms with Crippen LogP contribution in [0.3, 0.4) is 0 Å². The number of nitrogens with zero attached hydrogens (tertiary/aromatic N) is 3. The summed E-state index contributed by atoms with van der Waals surface area (Å²) >= 11 is 2.79. The number of carbonyl (C=O) groups is 1. The highest BCUT2D eigenvalue weighted by Gasteiger charge is 2.32. The molecule has 1 aromatic heterocycles. The van der Waals surface area contributed by atoms with Crippen LogP contribution in [0.5, 0.6) is 0 Å². The average Bonchev–Trinajstić information content (AvgIpc) is 3.37. The Hall–Kier alpha value is -2.32. The van der Waals surface area contributed by atoms with Crippen LogP contribution in [0.1, 0.15) is 22.4 Å². The number of rotatable bonds is 6. The van der Waals surface area contributed by atoms with E-state index in [1.165, 1.54) is 17.8 Å². The molecule has 144 valence electrons. The third-order valence-electron chi connectivity index (χ3n) is 4.35. The molecule has 0 N–H and O–H groups in total. The minimum absolute atomic E-state index is 0.0638. The summed E-state index contributed by atoms with van der Waals surface area (Å²) in [7, 11) is 0. The van der Waals surface area contributed by atoms with Crippen LogP contribution in [0.2, 0.25) is 0 Å². The Kier molecular flexibility index (Phi) is 5.97. The lowest BCUT2D eigenvalue weighted by atomic mass is 10.2. The number of halogens is 1. The lowest BCUT2D eigenvalue weighted by Gasteiger charge is -2.24. The van der Waals surface area contributed by atoms with E-state index >= 15 is 0 Å². The van der Waals surface area contributed by atoms with Gasteiger partial charge in [0.15, 0.2) is 0 Å². The lowest BCUT2D eigenvalue weighted by Crippen LogP contribution is -2.32. The highest BCUT2D eigenvalue weighted by atomic mass is 32.2. The van der Waals surface area contributed by atoms with Crippen LogP contribution in [-0.2, 0) is 11.2 Å². The minimum atomic E-state index is -0.286. The van der Waals surface area contributed by atoms with Gasteiger partial charge < -0.3 is 9.32 Å². The van der Waals surface area contributed by atoms with E-state index in [1.54, 1.807) is 34.9 Å². The Morgan fingerprint density at radius 2 is 1.96 bits per heavy atom. The van der Waals surface area contributed by atoms with Gasteiger partial charge in [-0.05, 0) is 11.6 Å². The maximum Gasteiger partial charge on any atom is 0.277 e. The molecule has 2 heterocycles. The number of aromatic nitrogens is 2. The molecule has 8 heteroatoms. The van der Waals surface area contributed by atoms with Gasteiger partial charge >= 0.3 is 0 Å². The van der Waals surface area contributed by atoms with Crippen molar-refractivity contribution in [2.45, 2.75) is 17.0 Å².